The Morgan fingerprint density at radius 1 is 0.808 bits per heavy atom. The van der Waals surface area contributed by atoms with Crippen molar-refractivity contribution in [2.75, 3.05) is 6.61 Å². The number of hydrogen-bond acceptors (Lipinski definition) is 2. The van der Waals surface area contributed by atoms with Crippen LogP contribution in [-0.4, -0.2) is 29.3 Å². The fourth-order valence-corrected chi connectivity index (χ4v) is 7.31. The summed E-state index contributed by atoms with van der Waals surface area (Å²) >= 11 is 0. The van der Waals surface area contributed by atoms with Crippen molar-refractivity contribution < 1.29 is 8.85 Å². The molecule has 0 aliphatic heterocycles. The highest BCUT2D eigenvalue weighted by atomic mass is 28.4. The fourth-order valence-electron chi connectivity index (χ4n) is 3.19. The van der Waals surface area contributed by atoms with E-state index in [-0.39, 0.29) is 0 Å². The van der Waals surface area contributed by atoms with Crippen LogP contribution in [0.15, 0.2) is 0 Å². The van der Waals surface area contributed by atoms with Crippen molar-refractivity contribution in [1.82, 2.24) is 0 Å². The molecule has 26 heavy (non-hydrogen) atoms. The zero-order valence-electron chi connectivity index (χ0n) is 19.8. The van der Waals surface area contributed by atoms with Crippen LogP contribution < -0.4 is 0 Å². The Kier molecular flexibility index (Phi) is 12.2. The predicted octanol–water partition coefficient (Wildman–Crippen LogP) is 8.01. The maximum atomic E-state index is 6.78. The second-order valence-corrected chi connectivity index (χ2v) is 19.5. The Morgan fingerprint density at radius 2 is 1.31 bits per heavy atom. The van der Waals surface area contributed by atoms with E-state index in [4.69, 9.17) is 8.85 Å². The Balaban J connectivity index is 4.16. The molecule has 158 valence electrons. The highest BCUT2D eigenvalue weighted by Crippen LogP contribution is 2.36. The van der Waals surface area contributed by atoms with Gasteiger partial charge in [-0.05, 0) is 55.0 Å². The van der Waals surface area contributed by atoms with Gasteiger partial charge >= 0.3 is 0 Å². The van der Waals surface area contributed by atoms with Crippen LogP contribution in [0.2, 0.25) is 36.3 Å². The Bertz CT molecular complexity index is 349. The van der Waals surface area contributed by atoms with Gasteiger partial charge in [0.05, 0.1) is 0 Å². The first-order valence-corrected chi connectivity index (χ1v) is 16.7. The molecule has 0 aromatic rings. The van der Waals surface area contributed by atoms with Gasteiger partial charge in [-0.25, -0.2) is 0 Å². The molecule has 2 nitrogen and oxygen atoms in total. The van der Waals surface area contributed by atoms with Crippen LogP contribution in [0.3, 0.4) is 0 Å². The molecule has 0 fully saturated rings. The van der Waals surface area contributed by atoms with Gasteiger partial charge in [0.15, 0.2) is 16.6 Å². The van der Waals surface area contributed by atoms with E-state index in [2.05, 4.69) is 68.5 Å². The van der Waals surface area contributed by atoms with Crippen molar-refractivity contribution in [2.45, 2.75) is 130 Å². The van der Waals surface area contributed by atoms with Crippen molar-refractivity contribution in [3.63, 3.8) is 0 Å². The summed E-state index contributed by atoms with van der Waals surface area (Å²) in [7, 11) is -3.04. The molecule has 0 saturated carbocycles. The highest BCUT2D eigenvalue weighted by molar-refractivity contribution is 6.74. The second-order valence-electron chi connectivity index (χ2n) is 9.96. The third-order valence-corrected chi connectivity index (χ3v) is 15.9. The van der Waals surface area contributed by atoms with Gasteiger partial charge in [0.1, 0.15) is 0 Å². The largest absolute Gasteiger partial charge is 0.417 e. The third kappa shape index (κ3) is 9.03. The smallest absolute Gasteiger partial charge is 0.192 e. The lowest BCUT2D eigenvalue weighted by molar-refractivity contribution is 0.125. The third-order valence-electron chi connectivity index (χ3n) is 6.73. The van der Waals surface area contributed by atoms with E-state index in [0.29, 0.717) is 17.1 Å². The van der Waals surface area contributed by atoms with Crippen LogP contribution in [0.1, 0.15) is 87.5 Å². The molecule has 0 aromatic heterocycles. The molecule has 4 heteroatoms. The summed E-state index contributed by atoms with van der Waals surface area (Å²) in [4.78, 5) is 0. The van der Waals surface area contributed by atoms with Crippen LogP contribution in [-0.2, 0) is 8.85 Å². The van der Waals surface area contributed by atoms with E-state index >= 15 is 0 Å². The summed E-state index contributed by atoms with van der Waals surface area (Å²) in [5.74, 6) is 0.633. The van der Waals surface area contributed by atoms with Crippen molar-refractivity contribution in [1.29, 1.82) is 0 Å². The summed E-state index contributed by atoms with van der Waals surface area (Å²) in [6, 6.07) is 3.77. The molecule has 0 bridgehead atoms. The lowest BCUT2D eigenvalue weighted by Gasteiger charge is -2.36. The molecule has 1 unspecified atom stereocenters. The van der Waals surface area contributed by atoms with Gasteiger partial charge in [0, 0.05) is 12.7 Å². The van der Waals surface area contributed by atoms with E-state index in [1.165, 1.54) is 50.2 Å². The van der Waals surface area contributed by atoms with Crippen molar-refractivity contribution in [3.8, 4) is 0 Å². The van der Waals surface area contributed by atoms with E-state index in [9.17, 15) is 0 Å². The average molecular weight is 403 g/mol. The highest BCUT2D eigenvalue weighted by Gasteiger charge is 2.36. The van der Waals surface area contributed by atoms with Gasteiger partial charge in [-0.2, -0.15) is 0 Å². The molecule has 0 amide bonds. The maximum Gasteiger partial charge on any atom is 0.192 e. The fraction of sp³-hybridized carbons (Fsp3) is 1.00. The monoisotopic (exact) mass is 402 g/mol. The molecular formula is C22H50O2Si2. The SMILES string of the molecule is CC[Si](CC)(CC)OC(CCCCCCO[Si](C)(C)C(C)(C)C)C(C)C. The van der Waals surface area contributed by atoms with Crippen LogP contribution in [0.5, 0.6) is 0 Å². The van der Waals surface area contributed by atoms with E-state index in [0.717, 1.165) is 6.61 Å². The molecule has 1 atom stereocenters. The standard InChI is InChI=1S/C22H50O2Si2/c1-11-26(12-2,13-3)24-21(20(4)5)18-16-14-15-17-19-23-25(9,10)22(6,7)8/h20-21H,11-19H2,1-10H3. The molecule has 0 aliphatic rings. The van der Waals surface area contributed by atoms with Crippen LogP contribution in [0.25, 0.3) is 0 Å². The van der Waals surface area contributed by atoms with Crippen LogP contribution in [0.4, 0.5) is 0 Å². The van der Waals surface area contributed by atoms with E-state index in [1.54, 1.807) is 0 Å². The van der Waals surface area contributed by atoms with E-state index in [1.807, 2.05) is 0 Å². The molecule has 0 spiro atoms. The van der Waals surface area contributed by atoms with Gasteiger partial charge in [0.2, 0.25) is 0 Å². The normalized spacial score (nSPS) is 14.9. The maximum absolute atomic E-state index is 6.78. The number of unbranched alkanes of at least 4 members (excludes halogenated alkanes) is 3. The summed E-state index contributed by atoms with van der Waals surface area (Å²) in [5.41, 5.74) is 0. The zero-order valence-corrected chi connectivity index (χ0v) is 21.8. The minimum absolute atomic E-state index is 0.322. The molecule has 0 aromatic carbocycles. The zero-order chi connectivity index (χ0) is 20.4. The summed E-state index contributed by atoms with van der Waals surface area (Å²) in [6.45, 7) is 24.3. The molecule has 0 N–H and O–H groups in total. The lowest BCUT2D eigenvalue weighted by Crippen LogP contribution is -2.41. The second kappa shape index (κ2) is 12.0. The molecular weight excluding hydrogens is 352 g/mol. The summed E-state index contributed by atoms with van der Waals surface area (Å²) in [5, 5.41) is 0.322. The van der Waals surface area contributed by atoms with Gasteiger partial charge < -0.3 is 8.85 Å². The van der Waals surface area contributed by atoms with Crippen molar-refractivity contribution in [2.24, 2.45) is 5.92 Å². The molecule has 0 heterocycles. The molecule has 0 radical (unpaired) electrons. The van der Waals surface area contributed by atoms with Crippen LogP contribution >= 0.6 is 0 Å². The lowest BCUT2D eigenvalue weighted by atomic mass is 10.0. The Labute approximate surface area is 168 Å². The first-order valence-electron chi connectivity index (χ1n) is 11.3. The predicted molar refractivity (Wildman–Crippen MR) is 123 cm³/mol. The van der Waals surface area contributed by atoms with E-state index < -0.39 is 16.6 Å². The molecule has 0 rings (SSSR count). The topological polar surface area (TPSA) is 18.5 Å². The van der Waals surface area contributed by atoms with Gasteiger partial charge in [-0.15, -0.1) is 0 Å². The molecule has 0 aliphatic carbocycles. The summed E-state index contributed by atoms with van der Waals surface area (Å²) < 4.78 is 13.1. The Hall–Kier alpha value is 0.354. The quantitative estimate of drug-likeness (QED) is 0.216. The average Bonchev–Trinajstić information content (AvgIpc) is 2.56. The van der Waals surface area contributed by atoms with Gasteiger partial charge in [-0.1, -0.05) is 74.7 Å². The van der Waals surface area contributed by atoms with Gasteiger partial charge in [-0.3, -0.25) is 0 Å². The van der Waals surface area contributed by atoms with Crippen molar-refractivity contribution in [3.05, 3.63) is 0 Å². The molecule has 0 saturated heterocycles. The number of rotatable bonds is 14. The minimum atomic E-state index is -1.56. The minimum Gasteiger partial charge on any atom is -0.417 e. The first-order chi connectivity index (χ1) is 11.9. The van der Waals surface area contributed by atoms with Crippen LogP contribution in [0, 0.1) is 5.92 Å². The number of hydrogen-bond donors (Lipinski definition) is 0. The van der Waals surface area contributed by atoms with Gasteiger partial charge in [0.25, 0.3) is 0 Å². The summed E-state index contributed by atoms with van der Waals surface area (Å²) in [6.07, 6.45) is 6.80. The first kappa shape index (κ1) is 26.4. The Morgan fingerprint density at radius 3 is 1.73 bits per heavy atom. The van der Waals surface area contributed by atoms with Crippen molar-refractivity contribution >= 4 is 16.6 Å².